The third kappa shape index (κ3) is 2.55. The highest BCUT2D eigenvalue weighted by atomic mass is 15.2. The third-order valence-electron chi connectivity index (χ3n) is 3.28. The van der Waals surface area contributed by atoms with Crippen molar-refractivity contribution in [2.24, 2.45) is 5.73 Å². The van der Waals surface area contributed by atoms with Crippen molar-refractivity contribution in [2.75, 3.05) is 32.1 Å². The standard InChI is InChI=1S/C12H19N5/c1-16(2)10-4-6-17(8-10)9-3-5-15-11(7-9)12(13)14/h3,5,7,10H,4,6,8H2,1-2H3,(H3,13,14). The molecule has 1 aliphatic rings. The Hall–Kier alpha value is -1.62. The first-order chi connectivity index (χ1) is 8.08. The average molecular weight is 233 g/mol. The Labute approximate surface area is 102 Å². The Bertz CT molecular complexity index is 415. The molecule has 0 amide bonds. The second kappa shape index (κ2) is 4.71. The van der Waals surface area contributed by atoms with Crippen LogP contribution in [-0.4, -0.2) is 48.9 Å². The molecular formula is C12H19N5. The van der Waals surface area contributed by atoms with Crippen LogP contribution in [0.4, 0.5) is 5.69 Å². The van der Waals surface area contributed by atoms with E-state index >= 15 is 0 Å². The van der Waals surface area contributed by atoms with Gasteiger partial charge in [0.2, 0.25) is 0 Å². The lowest BCUT2D eigenvalue weighted by Gasteiger charge is -2.22. The molecule has 5 heteroatoms. The molecule has 0 bridgehead atoms. The molecule has 0 saturated carbocycles. The summed E-state index contributed by atoms with van der Waals surface area (Å²) in [5.41, 5.74) is 7.11. The maximum absolute atomic E-state index is 7.40. The van der Waals surface area contributed by atoms with E-state index < -0.39 is 0 Å². The minimum atomic E-state index is 0.0233. The topological polar surface area (TPSA) is 69.2 Å². The monoisotopic (exact) mass is 233 g/mol. The van der Waals surface area contributed by atoms with E-state index in [0.29, 0.717) is 11.7 Å². The van der Waals surface area contributed by atoms with Crippen molar-refractivity contribution in [1.82, 2.24) is 9.88 Å². The largest absolute Gasteiger partial charge is 0.382 e. The van der Waals surface area contributed by atoms with Gasteiger partial charge in [-0.2, -0.15) is 0 Å². The number of pyridine rings is 1. The predicted octanol–water partition coefficient (Wildman–Crippen LogP) is 0.506. The second-order valence-corrected chi connectivity index (χ2v) is 4.67. The van der Waals surface area contributed by atoms with E-state index in [0.717, 1.165) is 18.8 Å². The van der Waals surface area contributed by atoms with Crippen LogP contribution in [0.2, 0.25) is 0 Å². The third-order valence-corrected chi connectivity index (χ3v) is 3.28. The van der Waals surface area contributed by atoms with E-state index in [1.807, 2.05) is 12.1 Å². The van der Waals surface area contributed by atoms with Crippen LogP contribution in [-0.2, 0) is 0 Å². The summed E-state index contributed by atoms with van der Waals surface area (Å²) in [6.07, 6.45) is 2.89. The molecule has 0 radical (unpaired) electrons. The van der Waals surface area contributed by atoms with Crippen LogP contribution in [0.15, 0.2) is 18.3 Å². The molecule has 5 nitrogen and oxygen atoms in total. The van der Waals surface area contributed by atoms with E-state index in [2.05, 4.69) is 28.9 Å². The first-order valence-corrected chi connectivity index (χ1v) is 5.80. The smallest absolute Gasteiger partial charge is 0.141 e. The number of amidine groups is 1. The van der Waals surface area contributed by atoms with Crippen molar-refractivity contribution in [1.29, 1.82) is 5.41 Å². The van der Waals surface area contributed by atoms with Crippen LogP contribution in [0.1, 0.15) is 12.1 Å². The molecule has 0 aromatic carbocycles. The summed E-state index contributed by atoms with van der Waals surface area (Å²) < 4.78 is 0. The number of likely N-dealkylation sites (N-methyl/N-ethyl adjacent to an activating group) is 1. The summed E-state index contributed by atoms with van der Waals surface area (Å²) in [4.78, 5) is 8.65. The quantitative estimate of drug-likeness (QED) is 0.589. The van der Waals surface area contributed by atoms with E-state index in [1.54, 1.807) is 6.20 Å². The highest BCUT2D eigenvalue weighted by Crippen LogP contribution is 2.22. The molecule has 1 fully saturated rings. The molecule has 2 heterocycles. The number of nitrogens with zero attached hydrogens (tertiary/aromatic N) is 3. The van der Waals surface area contributed by atoms with E-state index in [-0.39, 0.29) is 5.84 Å². The van der Waals surface area contributed by atoms with E-state index in [9.17, 15) is 0 Å². The van der Waals surface area contributed by atoms with Crippen LogP contribution >= 0.6 is 0 Å². The van der Waals surface area contributed by atoms with Crippen molar-refractivity contribution < 1.29 is 0 Å². The Morgan fingerprint density at radius 2 is 2.35 bits per heavy atom. The molecule has 17 heavy (non-hydrogen) atoms. The molecule has 1 atom stereocenters. The number of rotatable bonds is 3. The zero-order valence-corrected chi connectivity index (χ0v) is 10.3. The number of nitrogens with one attached hydrogen (secondary N) is 1. The van der Waals surface area contributed by atoms with Gasteiger partial charge in [0.1, 0.15) is 11.5 Å². The highest BCUT2D eigenvalue weighted by Gasteiger charge is 2.24. The van der Waals surface area contributed by atoms with Gasteiger partial charge in [-0.25, -0.2) is 0 Å². The fraction of sp³-hybridized carbons (Fsp3) is 0.500. The van der Waals surface area contributed by atoms with Crippen molar-refractivity contribution in [3.8, 4) is 0 Å². The molecule has 3 N–H and O–H groups in total. The van der Waals surface area contributed by atoms with Crippen molar-refractivity contribution in [2.45, 2.75) is 12.5 Å². The van der Waals surface area contributed by atoms with E-state index in [1.165, 1.54) is 6.42 Å². The molecule has 1 aliphatic heterocycles. The molecule has 0 spiro atoms. The minimum Gasteiger partial charge on any atom is -0.382 e. The first kappa shape index (κ1) is 11.9. The van der Waals surface area contributed by atoms with Gasteiger partial charge in [0.15, 0.2) is 0 Å². The molecule has 1 aromatic heterocycles. The summed E-state index contributed by atoms with van der Waals surface area (Å²) in [7, 11) is 4.23. The van der Waals surface area contributed by atoms with Crippen molar-refractivity contribution in [3.05, 3.63) is 24.0 Å². The molecule has 92 valence electrons. The lowest BCUT2D eigenvalue weighted by atomic mass is 10.2. The minimum absolute atomic E-state index is 0.0233. The molecular weight excluding hydrogens is 214 g/mol. The van der Waals surface area contributed by atoms with Crippen LogP contribution in [0, 0.1) is 5.41 Å². The number of anilines is 1. The van der Waals surface area contributed by atoms with Gasteiger partial charge in [0, 0.05) is 31.0 Å². The first-order valence-electron chi connectivity index (χ1n) is 5.80. The second-order valence-electron chi connectivity index (χ2n) is 4.67. The molecule has 1 saturated heterocycles. The Morgan fingerprint density at radius 3 is 2.94 bits per heavy atom. The molecule has 0 aliphatic carbocycles. The van der Waals surface area contributed by atoms with Crippen molar-refractivity contribution >= 4 is 11.5 Å². The fourth-order valence-corrected chi connectivity index (χ4v) is 2.16. The average Bonchev–Trinajstić information content (AvgIpc) is 2.78. The van der Waals surface area contributed by atoms with Gasteiger partial charge in [-0.05, 0) is 32.6 Å². The number of nitrogen functional groups attached to an aromatic ring is 1. The molecule has 2 rings (SSSR count). The maximum atomic E-state index is 7.40. The normalized spacial score (nSPS) is 19.9. The van der Waals surface area contributed by atoms with Gasteiger partial charge in [0.05, 0.1) is 0 Å². The zero-order chi connectivity index (χ0) is 12.4. The van der Waals surface area contributed by atoms with Gasteiger partial charge in [0.25, 0.3) is 0 Å². The lowest BCUT2D eigenvalue weighted by Crippen LogP contribution is -2.31. The summed E-state index contributed by atoms with van der Waals surface area (Å²) >= 11 is 0. The Morgan fingerprint density at radius 1 is 1.59 bits per heavy atom. The van der Waals surface area contributed by atoms with Gasteiger partial charge < -0.3 is 15.5 Å². The van der Waals surface area contributed by atoms with Gasteiger partial charge in [-0.15, -0.1) is 0 Å². The summed E-state index contributed by atoms with van der Waals surface area (Å²) in [6.45, 7) is 2.07. The number of hydrogen-bond donors (Lipinski definition) is 2. The molecule has 1 aromatic rings. The predicted molar refractivity (Wildman–Crippen MR) is 69.6 cm³/mol. The van der Waals surface area contributed by atoms with Crippen LogP contribution in [0.3, 0.4) is 0 Å². The SMILES string of the molecule is CN(C)C1CCN(c2ccnc(C(=N)N)c2)C1. The molecule has 1 unspecified atom stereocenters. The number of hydrogen-bond acceptors (Lipinski definition) is 4. The zero-order valence-electron chi connectivity index (χ0n) is 10.3. The summed E-state index contributed by atoms with van der Waals surface area (Å²) in [5.74, 6) is 0.0233. The van der Waals surface area contributed by atoms with Gasteiger partial charge in [-0.1, -0.05) is 0 Å². The van der Waals surface area contributed by atoms with Gasteiger partial charge >= 0.3 is 0 Å². The number of aromatic nitrogens is 1. The Balaban J connectivity index is 2.13. The van der Waals surface area contributed by atoms with Gasteiger partial charge in [-0.3, -0.25) is 10.4 Å². The maximum Gasteiger partial charge on any atom is 0.141 e. The van der Waals surface area contributed by atoms with Crippen LogP contribution in [0.25, 0.3) is 0 Å². The van der Waals surface area contributed by atoms with Crippen LogP contribution < -0.4 is 10.6 Å². The lowest BCUT2D eigenvalue weighted by molar-refractivity contribution is 0.315. The van der Waals surface area contributed by atoms with Crippen LogP contribution in [0.5, 0.6) is 0 Å². The van der Waals surface area contributed by atoms with E-state index in [4.69, 9.17) is 11.1 Å². The fourth-order valence-electron chi connectivity index (χ4n) is 2.16. The summed E-state index contributed by atoms with van der Waals surface area (Å²) in [5, 5.41) is 7.40. The van der Waals surface area contributed by atoms with Crippen molar-refractivity contribution in [3.63, 3.8) is 0 Å². The highest BCUT2D eigenvalue weighted by molar-refractivity contribution is 5.93. The summed E-state index contributed by atoms with van der Waals surface area (Å²) in [6, 6.07) is 4.47. The number of nitrogens with two attached hydrogens (primary N) is 1. The Kier molecular flexibility index (Phi) is 3.28.